The van der Waals surface area contributed by atoms with Gasteiger partial charge in [0.2, 0.25) is 0 Å². The van der Waals surface area contributed by atoms with Gasteiger partial charge < -0.3 is 9.90 Å². The number of halogens is 2. The van der Waals surface area contributed by atoms with Gasteiger partial charge in [0.25, 0.3) is 0 Å². The Hall–Kier alpha value is -1.77. The maximum atomic E-state index is 11.4. The fourth-order valence-corrected chi connectivity index (χ4v) is 2.58. The molecule has 0 aromatic carbocycles. The smallest absolute Gasteiger partial charge is 0.164 e. The number of aromatic nitrogens is 2. The van der Waals surface area contributed by atoms with Crippen LogP contribution in [0.4, 0.5) is 0 Å². The summed E-state index contributed by atoms with van der Waals surface area (Å²) in [6.07, 6.45) is 8.40. The molecule has 0 spiro atoms. The van der Waals surface area contributed by atoms with Gasteiger partial charge in [0.15, 0.2) is 11.6 Å². The third kappa shape index (κ3) is 8.55. The minimum absolute atomic E-state index is 0.0165. The molecule has 0 radical (unpaired) electrons. The summed E-state index contributed by atoms with van der Waals surface area (Å²) in [4.78, 5) is 40.5. The van der Waals surface area contributed by atoms with Crippen molar-refractivity contribution in [2.24, 2.45) is 0 Å². The topological polar surface area (TPSA) is 97.2 Å². The summed E-state index contributed by atoms with van der Waals surface area (Å²) in [6.45, 7) is 0.0488. The van der Waals surface area contributed by atoms with E-state index in [1.165, 1.54) is 12.4 Å². The summed E-state index contributed by atoms with van der Waals surface area (Å²) < 4.78 is 1.56. The van der Waals surface area contributed by atoms with Crippen molar-refractivity contribution in [2.75, 3.05) is 6.61 Å². The van der Waals surface area contributed by atoms with E-state index in [2.05, 4.69) is 41.8 Å². The van der Waals surface area contributed by atoms with Gasteiger partial charge in [0, 0.05) is 70.7 Å². The molecular formula is C18H18Br2N2O4. The van der Waals surface area contributed by atoms with Crippen molar-refractivity contribution >= 4 is 49.7 Å². The first-order valence-corrected chi connectivity index (χ1v) is 9.38. The van der Waals surface area contributed by atoms with Crippen molar-refractivity contribution in [1.29, 1.82) is 0 Å². The summed E-state index contributed by atoms with van der Waals surface area (Å²) >= 11 is 6.45. The first-order chi connectivity index (χ1) is 12.5. The number of pyridine rings is 2. The zero-order valence-corrected chi connectivity index (χ0v) is 17.1. The van der Waals surface area contributed by atoms with Crippen molar-refractivity contribution < 1.29 is 19.5 Å². The largest absolute Gasteiger partial charge is 0.396 e. The average molecular weight is 486 g/mol. The zero-order valence-electron chi connectivity index (χ0n) is 13.9. The highest BCUT2D eigenvalue weighted by Crippen LogP contribution is 2.12. The van der Waals surface area contributed by atoms with Crippen molar-refractivity contribution in [1.82, 2.24) is 9.97 Å². The molecule has 0 saturated carbocycles. The molecule has 2 rings (SSSR count). The molecule has 0 atom stereocenters. The molecule has 2 aromatic rings. The van der Waals surface area contributed by atoms with Crippen molar-refractivity contribution in [2.45, 2.75) is 25.7 Å². The van der Waals surface area contributed by atoms with Gasteiger partial charge >= 0.3 is 0 Å². The van der Waals surface area contributed by atoms with Gasteiger partial charge in [-0.25, -0.2) is 0 Å². The van der Waals surface area contributed by atoms with Gasteiger partial charge in [-0.05, 0) is 50.4 Å². The third-order valence-electron chi connectivity index (χ3n) is 3.10. The molecule has 0 aliphatic heterocycles. The van der Waals surface area contributed by atoms with Crippen LogP contribution in [0.15, 0.2) is 45.9 Å². The molecule has 6 nitrogen and oxygen atoms in total. The maximum Gasteiger partial charge on any atom is 0.164 e. The summed E-state index contributed by atoms with van der Waals surface area (Å²) in [5.74, 6) is -0.0382. The van der Waals surface area contributed by atoms with E-state index in [4.69, 9.17) is 5.11 Å². The molecule has 0 aliphatic carbocycles. The third-order valence-corrected chi connectivity index (χ3v) is 3.97. The van der Waals surface area contributed by atoms with Crippen LogP contribution < -0.4 is 0 Å². The Bertz CT molecular complexity index is 753. The number of nitrogens with zero attached hydrogens (tertiary/aromatic N) is 2. The number of aliphatic hydroxyl groups excluding tert-OH is 1. The predicted octanol–water partition coefficient (Wildman–Crippen LogP) is 3.81. The SMILES string of the molecule is O=C(CCCO)c1cncc(Br)c1.O=CCCC(=O)c1cncc(Br)c1. The van der Waals surface area contributed by atoms with Crippen molar-refractivity contribution in [3.05, 3.63) is 57.0 Å². The molecule has 0 unspecified atom stereocenters. The number of hydrogen-bond donors (Lipinski definition) is 1. The Kier molecular flexibility index (Phi) is 10.8. The molecule has 2 aromatic heterocycles. The molecule has 8 heteroatoms. The Balaban J connectivity index is 0.000000260. The average Bonchev–Trinajstić information content (AvgIpc) is 2.64. The molecule has 1 N–H and O–H groups in total. The predicted molar refractivity (Wildman–Crippen MR) is 104 cm³/mol. The van der Waals surface area contributed by atoms with Gasteiger partial charge in [-0.1, -0.05) is 0 Å². The highest BCUT2D eigenvalue weighted by molar-refractivity contribution is 9.10. The number of carbonyl (C=O) groups is 3. The van der Waals surface area contributed by atoms with Crippen LogP contribution in [0.5, 0.6) is 0 Å². The number of hydrogen-bond acceptors (Lipinski definition) is 6. The standard InChI is InChI=1S/C9H10BrNO2.C9H8BrNO2/c2*10-8-4-7(5-11-6-8)9(13)2-1-3-12/h4-6,12H,1-3H2;3-6H,1-2H2. The van der Waals surface area contributed by atoms with Gasteiger partial charge in [-0.15, -0.1) is 0 Å². The number of ketones is 2. The molecule has 0 bridgehead atoms. The van der Waals surface area contributed by atoms with Gasteiger partial charge in [-0.3, -0.25) is 19.6 Å². The van der Waals surface area contributed by atoms with Crippen LogP contribution in [-0.4, -0.2) is 39.5 Å². The van der Waals surface area contributed by atoms with E-state index < -0.39 is 0 Å². The van der Waals surface area contributed by atoms with Crippen LogP contribution >= 0.6 is 31.9 Å². The van der Waals surface area contributed by atoms with Crippen LogP contribution in [-0.2, 0) is 4.79 Å². The van der Waals surface area contributed by atoms with Crippen LogP contribution in [0, 0.1) is 0 Å². The normalized spacial score (nSPS) is 9.81. The Morgan fingerprint density at radius 3 is 1.85 bits per heavy atom. The van der Waals surface area contributed by atoms with E-state index in [1.807, 2.05) is 0 Å². The maximum absolute atomic E-state index is 11.4. The molecular weight excluding hydrogens is 468 g/mol. The quantitative estimate of drug-likeness (QED) is 0.451. The summed E-state index contributed by atoms with van der Waals surface area (Å²) in [7, 11) is 0. The minimum atomic E-state index is -0.0547. The molecule has 0 saturated heterocycles. The summed E-state index contributed by atoms with van der Waals surface area (Å²) in [5.41, 5.74) is 1.12. The van der Waals surface area contributed by atoms with Crippen molar-refractivity contribution in [3.63, 3.8) is 0 Å². The number of aldehydes is 1. The zero-order chi connectivity index (χ0) is 19.4. The second-order valence-electron chi connectivity index (χ2n) is 5.16. The lowest BCUT2D eigenvalue weighted by molar-refractivity contribution is -0.107. The van der Waals surface area contributed by atoms with Crippen LogP contribution in [0.2, 0.25) is 0 Å². The molecule has 26 heavy (non-hydrogen) atoms. The highest BCUT2D eigenvalue weighted by Gasteiger charge is 2.06. The lowest BCUT2D eigenvalue weighted by atomic mass is 10.1. The van der Waals surface area contributed by atoms with Crippen LogP contribution in [0.1, 0.15) is 46.4 Å². The molecule has 138 valence electrons. The van der Waals surface area contributed by atoms with Gasteiger partial charge in [-0.2, -0.15) is 0 Å². The van der Waals surface area contributed by atoms with Gasteiger partial charge in [0.1, 0.15) is 6.29 Å². The number of rotatable bonds is 8. The lowest BCUT2D eigenvalue weighted by Gasteiger charge is -1.98. The number of carbonyl (C=O) groups excluding carboxylic acids is 3. The first kappa shape index (κ1) is 22.3. The summed E-state index contributed by atoms with van der Waals surface area (Å²) in [5, 5.41) is 8.54. The van der Waals surface area contributed by atoms with Crippen LogP contribution in [0.3, 0.4) is 0 Å². The minimum Gasteiger partial charge on any atom is -0.396 e. The second-order valence-corrected chi connectivity index (χ2v) is 6.99. The molecule has 0 amide bonds. The molecule has 2 heterocycles. The van der Waals surface area contributed by atoms with E-state index in [1.54, 1.807) is 24.5 Å². The van der Waals surface area contributed by atoms with E-state index in [9.17, 15) is 14.4 Å². The Morgan fingerprint density at radius 1 is 0.923 bits per heavy atom. The van der Waals surface area contributed by atoms with Gasteiger partial charge in [0.05, 0.1) is 0 Å². The number of Topliss-reactive ketones (excluding diaryl/α,β-unsaturated/α-hetero) is 2. The molecule has 0 aliphatic rings. The summed E-state index contributed by atoms with van der Waals surface area (Å²) in [6, 6.07) is 3.42. The fraction of sp³-hybridized carbons (Fsp3) is 0.278. The Labute approximate surface area is 168 Å². The van der Waals surface area contributed by atoms with E-state index in [0.717, 1.165) is 15.2 Å². The van der Waals surface area contributed by atoms with E-state index in [0.29, 0.717) is 24.0 Å². The lowest BCUT2D eigenvalue weighted by Crippen LogP contribution is -2.00. The monoisotopic (exact) mass is 484 g/mol. The van der Waals surface area contributed by atoms with E-state index >= 15 is 0 Å². The van der Waals surface area contributed by atoms with Crippen molar-refractivity contribution in [3.8, 4) is 0 Å². The number of aliphatic hydroxyl groups is 1. The van der Waals surface area contributed by atoms with E-state index in [-0.39, 0.29) is 31.0 Å². The fourth-order valence-electron chi connectivity index (χ4n) is 1.85. The van der Waals surface area contributed by atoms with Crippen LogP contribution in [0.25, 0.3) is 0 Å². The Morgan fingerprint density at radius 2 is 1.42 bits per heavy atom. The highest BCUT2D eigenvalue weighted by atomic mass is 79.9. The first-order valence-electron chi connectivity index (χ1n) is 7.80. The second kappa shape index (κ2) is 12.6. The molecule has 0 fully saturated rings.